The lowest BCUT2D eigenvalue weighted by Gasteiger charge is -2.19. The van der Waals surface area contributed by atoms with E-state index in [1.54, 1.807) is 7.05 Å². The van der Waals surface area contributed by atoms with E-state index >= 15 is 0 Å². The molecule has 5 nitrogen and oxygen atoms in total. The van der Waals surface area contributed by atoms with Crippen LogP contribution in [-0.2, 0) is 16.1 Å². The van der Waals surface area contributed by atoms with Gasteiger partial charge in [-0.2, -0.15) is 0 Å². The highest BCUT2D eigenvalue weighted by Gasteiger charge is 2.24. The fraction of sp³-hybridized carbons (Fsp3) is 0.385. The van der Waals surface area contributed by atoms with Gasteiger partial charge in [0.2, 0.25) is 0 Å². The van der Waals surface area contributed by atoms with Crippen molar-refractivity contribution in [2.24, 2.45) is 5.73 Å². The fourth-order valence-corrected chi connectivity index (χ4v) is 1.60. The van der Waals surface area contributed by atoms with Gasteiger partial charge in [0.15, 0.2) is 6.04 Å². The van der Waals surface area contributed by atoms with E-state index < -0.39 is 17.9 Å². The molecule has 3 N–H and O–H groups in total. The molecule has 0 fully saturated rings. The van der Waals surface area contributed by atoms with E-state index in [4.69, 9.17) is 10.8 Å². The van der Waals surface area contributed by atoms with Gasteiger partial charge in [-0.15, -0.1) is 0 Å². The van der Waals surface area contributed by atoms with Gasteiger partial charge < -0.3 is 15.7 Å². The first-order valence-corrected chi connectivity index (χ1v) is 5.62. The number of benzene rings is 1. The zero-order valence-electron chi connectivity index (χ0n) is 10.8. The number of rotatable bonds is 4. The van der Waals surface area contributed by atoms with Gasteiger partial charge in [-0.05, 0) is 30.5 Å². The summed E-state index contributed by atoms with van der Waals surface area (Å²) < 4.78 is 0. The van der Waals surface area contributed by atoms with Gasteiger partial charge in [0.05, 0.1) is 0 Å². The van der Waals surface area contributed by atoms with E-state index in [9.17, 15) is 9.59 Å². The van der Waals surface area contributed by atoms with Crippen LogP contribution in [0.2, 0.25) is 0 Å². The summed E-state index contributed by atoms with van der Waals surface area (Å²) in [4.78, 5) is 23.6. The first-order valence-electron chi connectivity index (χ1n) is 5.62. The standard InChI is InChI=1S/C13H18N2O3/c1-8-4-5-10(6-9(8)2)7-15(3)12(16)11(14)13(17)18/h4-6,11H,7,14H2,1-3H3,(H,17,18). The second-order valence-corrected chi connectivity index (χ2v) is 4.43. The number of hydrogen-bond donors (Lipinski definition) is 2. The van der Waals surface area contributed by atoms with Gasteiger partial charge in [0, 0.05) is 13.6 Å². The minimum atomic E-state index is -1.50. The van der Waals surface area contributed by atoms with Crippen LogP contribution in [0.3, 0.4) is 0 Å². The van der Waals surface area contributed by atoms with Gasteiger partial charge in [-0.1, -0.05) is 18.2 Å². The minimum absolute atomic E-state index is 0.348. The second-order valence-electron chi connectivity index (χ2n) is 4.43. The number of amides is 1. The third-order valence-corrected chi connectivity index (χ3v) is 2.90. The van der Waals surface area contributed by atoms with Crippen LogP contribution in [0.25, 0.3) is 0 Å². The molecule has 0 spiro atoms. The smallest absolute Gasteiger partial charge is 0.330 e. The maximum absolute atomic E-state index is 11.7. The SMILES string of the molecule is Cc1ccc(CN(C)C(=O)C(N)C(=O)O)cc1C. The topological polar surface area (TPSA) is 83.6 Å². The molecular weight excluding hydrogens is 232 g/mol. The highest BCUT2D eigenvalue weighted by atomic mass is 16.4. The quantitative estimate of drug-likeness (QED) is 0.769. The van der Waals surface area contributed by atoms with Crippen LogP contribution in [0.15, 0.2) is 18.2 Å². The summed E-state index contributed by atoms with van der Waals surface area (Å²) in [6.45, 7) is 4.35. The molecule has 1 aromatic rings. The Labute approximate surface area is 106 Å². The molecule has 5 heteroatoms. The molecule has 0 radical (unpaired) electrons. The van der Waals surface area contributed by atoms with Crippen LogP contribution < -0.4 is 5.73 Å². The number of carbonyl (C=O) groups is 2. The van der Waals surface area contributed by atoms with Crippen molar-refractivity contribution >= 4 is 11.9 Å². The lowest BCUT2D eigenvalue weighted by molar-refractivity contribution is -0.146. The van der Waals surface area contributed by atoms with Crippen LogP contribution >= 0.6 is 0 Å². The van der Waals surface area contributed by atoms with Gasteiger partial charge in [-0.3, -0.25) is 4.79 Å². The first-order chi connectivity index (χ1) is 8.32. The number of carboxylic acids is 1. The Morgan fingerprint density at radius 2 is 1.94 bits per heavy atom. The zero-order valence-corrected chi connectivity index (χ0v) is 10.8. The molecule has 0 aliphatic heterocycles. The predicted molar refractivity (Wildman–Crippen MR) is 68.0 cm³/mol. The monoisotopic (exact) mass is 250 g/mol. The zero-order chi connectivity index (χ0) is 13.9. The second kappa shape index (κ2) is 5.64. The van der Waals surface area contributed by atoms with E-state index in [1.165, 1.54) is 10.5 Å². The summed E-state index contributed by atoms with van der Waals surface area (Å²) in [5.74, 6) is -1.91. The number of likely N-dealkylation sites (N-methyl/N-ethyl adjacent to an activating group) is 1. The predicted octanol–water partition coefficient (Wildman–Crippen LogP) is 0.674. The van der Waals surface area contributed by atoms with Crippen LogP contribution in [0.1, 0.15) is 16.7 Å². The number of aliphatic carboxylic acids is 1. The van der Waals surface area contributed by atoms with E-state index in [-0.39, 0.29) is 0 Å². The van der Waals surface area contributed by atoms with Crippen molar-refractivity contribution in [2.75, 3.05) is 7.05 Å². The number of hydrogen-bond acceptors (Lipinski definition) is 3. The Morgan fingerprint density at radius 3 is 2.44 bits per heavy atom. The molecule has 1 unspecified atom stereocenters. The summed E-state index contributed by atoms with van der Waals surface area (Å²) >= 11 is 0. The third kappa shape index (κ3) is 3.30. The van der Waals surface area contributed by atoms with Crippen molar-refractivity contribution in [2.45, 2.75) is 26.4 Å². The van der Waals surface area contributed by atoms with Crippen LogP contribution in [0, 0.1) is 13.8 Å². The molecule has 0 saturated carbocycles. The van der Waals surface area contributed by atoms with Crippen molar-refractivity contribution in [3.63, 3.8) is 0 Å². The largest absolute Gasteiger partial charge is 0.480 e. The molecule has 0 saturated heterocycles. The molecular formula is C13H18N2O3. The molecule has 0 aliphatic rings. The molecule has 0 aromatic heterocycles. The van der Waals surface area contributed by atoms with Crippen molar-refractivity contribution in [3.8, 4) is 0 Å². The summed E-state index contributed by atoms with van der Waals surface area (Å²) in [6, 6.07) is 4.37. The molecule has 1 atom stereocenters. The molecule has 0 heterocycles. The van der Waals surface area contributed by atoms with Crippen LogP contribution in [0.5, 0.6) is 0 Å². The highest BCUT2D eigenvalue weighted by molar-refractivity contribution is 6.00. The highest BCUT2D eigenvalue weighted by Crippen LogP contribution is 2.11. The van der Waals surface area contributed by atoms with E-state index in [0.717, 1.165) is 11.1 Å². The maximum atomic E-state index is 11.7. The van der Waals surface area contributed by atoms with E-state index in [1.807, 2.05) is 32.0 Å². The third-order valence-electron chi connectivity index (χ3n) is 2.90. The fourth-order valence-electron chi connectivity index (χ4n) is 1.60. The Kier molecular flexibility index (Phi) is 4.44. The number of aryl methyl sites for hydroxylation is 2. The van der Waals surface area contributed by atoms with Gasteiger partial charge in [-0.25, -0.2) is 4.79 Å². The summed E-state index contributed by atoms with van der Waals surface area (Å²) in [6.07, 6.45) is 0. The molecule has 0 aliphatic carbocycles. The molecule has 98 valence electrons. The summed E-state index contributed by atoms with van der Waals surface area (Å²) in [5.41, 5.74) is 8.54. The average molecular weight is 250 g/mol. The molecule has 1 rings (SSSR count). The Hall–Kier alpha value is -1.88. The normalized spacial score (nSPS) is 12.0. The van der Waals surface area contributed by atoms with Gasteiger partial charge >= 0.3 is 5.97 Å². The molecule has 18 heavy (non-hydrogen) atoms. The van der Waals surface area contributed by atoms with Crippen molar-refractivity contribution in [1.29, 1.82) is 0 Å². The Balaban J connectivity index is 2.75. The lowest BCUT2D eigenvalue weighted by Crippen LogP contribution is -2.46. The van der Waals surface area contributed by atoms with Crippen molar-refractivity contribution in [3.05, 3.63) is 34.9 Å². The Morgan fingerprint density at radius 1 is 1.33 bits per heavy atom. The molecule has 1 aromatic carbocycles. The molecule has 1 amide bonds. The van der Waals surface area contributed by atoms with Gasteiger partial charge in [0.25, 0.3) is 5.91 Å². The van der Waals surface area contributed by atoms with Crippen LogP contribution in [0.4, 0.5) is 0 Å². The maximum Gasteiger partial charge on any atom is 0.330 e. The summed E-state index contributed by atoms with van der Waals surface area (Å²) in [7, 11) is 1.54. The summed E-state index contributed by atoms with van der Waals surface area (Å²) in [5, 5.41) is 8.68. The van der Waals surface area contributed by atoms with E-state index in [0.29, 0.717) is 6.54 Å². The van der Waals surface area contributed by atoms with Gasteiger partial charge in [0.1, 0.15) is 0 Å². The first kappa shape index (κ1) is 14.2. The number of nitrogens with two attached hydrogens (primary N) is 1. The Bertz CT molecular complexity index is 471. The number of carboxylic acid groups (broad SMARTS) is 1. The van der Waals surface area contributed by atoms with Crippen molar-refractivity contribution < 1.29 is 14.7 Å². The minimum Gasteiger partial charge on any atom is -0.480 e. The van der Waals surface area contributed by atoms with Crippen molar-refractivity contribution in [1.82, 2.24) is 4.90 Å². The number of nitrogens with zero attached hydrogens (tertiary/aromatic N) is 1. The lowest BCUT2D eigenvalue weighted by atomic mass is 10.1. The number of carbonyl (C=O) groups excluding carboxylic acids is 1. The molecule has 0 bridgehead atoms. The van der Waals surface area contributed by atoms with E-state index in [2.05, 4.69) is 0 Å². The van der Waals surface area contributed by atoms with Crippen LogP contribution in [-0.4, -0.2) is 35.0 Å². The average Bonchev–Trinajstić information content (AvgIpc) is 2.31.